The van der Waals surface area contributed by atoms with E-state index in [1.54, 1.807) is 18.3 Å². The summed E-state index contributed by atoms with van der Waals surface area (Å²) in [5.74, 6) is 0.229. The zero-order valence-electron chi connectivity index (χ0n) is 22.6. The van der Waals surface area contributed by atoms with Crippen molar-refractivity contribution in [3.05, 3.63) is 53.9 Å². The first-order chi connectivity index (χ1) is 18.9. The van der Waals surface area contributed by atoms with Crippen molar-refractivity contribution in [2.45, 2.75) is 77.3 Å². The van der Waals surface area contributed by atoms with Crippen molar-refractivity contribution in [1.29, 1.82) is 0 Å². The molecule has 0 aliphatic heterocycles. The molecule has 2 aromatic heterocycles. The molecule has 2 aliphatic rings. The van der Waals surface area contributed by atoms with Crippen molar-refractivity contribution < 1.29 is 14.4 Å². The zero-order valence-corrected chi connectivity index (χ0v) is 22.6. The van der Waals surface area contributed by atoms with Gasteiger partial charge < -0.3 is 15.2 Å². The van der Waals surface area contributed by atoms with Crippen LogP contribution < -0.4 is 11.1 Å². The number of rotatable bonds is 8. The van der Waals surface area contributed by atoms with E-state index in [1.165, 1.54) is 25.5 Å². The second-order valence-corrected chi connectivity index (χ2v) is 10.9. The predicted molar refractivity (Wildman–Crippen MR) is 150 cm³/mol. The molecule has 1 aromatic carbocycles. The Bertz CT molecular complexity index is 1320. The van der Waals surface area contributed by atoms with Crippen molar-refractivity contribution >= 4 is 34.7 Å². The second-order valence-electron chi connectivity index (χ2n) is 10.9. The third kappa shape index (κ3) is 5.97. The lowest BCUT2D eigenvalue weighted by Gasteiger charge is -2.33. The van der Waals surface area contributed by atoms with Crippen LogP contribution in [0, 0.1) is 11.8 Å². The molecule has 5 rings (SSSR count). The number of carbonyl (C=O) groups is 3. The Morgan fingerprint density at radius 3 is 2.46 bits per heavy atom. The molecule has 0 unspecified atom stereocenters. The summed E-state index contributed by atoms with van der Waals surface area (Å²) in [6, 6.07) is 9.39. The number of hydrogen-bond acceptors (Lipinski definition) is 5. The molecule has 0 bridgehead atoms. The number of amides is 3. The van der Waals surface area contributed by atoms with Gasteiger partial charge in [-0.25, -0.2) is 4.98 Å². The van der Waals surface area contributed by atoms with Gasteiger partial charge in [0.05, 0.1) is 16.6 Å². The average molecular weight is 531 g/mol. The number of fused-ring (bicyclic) bond motifs is 1. The number of nitrogens with one attached hydrogen (secondary N) is 1. The van der Waals surface area contributed by atoms with Crippen LogP contribution in [0.25, 0.3) is 11.0 Å². The first-order valence-electron chi connectivity index (χ1n) is 14.3. The Balaban J connectivity index is 1.44. The first-order valence-corrected chi connectivity index (χ1v) is 14.3. The van der Waals surface area contributed by atoms with Gasteiger partial charge in [0.15, 0.2) is 0 Å². The van der Waals surface area contributed by atoms with Crippen molar-refractivity contribution in [3.63, 3.8) is 0 Å². The van der Waals surface area contributed by atoms with E-state index in [0.717, 1.165) is 44.0 Å². The van der Waals surface area contributed by atoms with Gasteiger partial charge in [0, 0.05) is 43.0 Å². The summed E-state index contributed by atoms with van der Waals surface area (Å²) in [7, 11) is 0. The highest BCUT2D eigenvalue weighted by molar-refractivity contribution is 6.04. The number of anilines is 1. The summed E-state index contributed by atoms with van der Waals surface area (Å²) in [4.78, 5) is 49.1. The third-order valence-electron chi connectivity index (χ3n) is 8.45. The number of primary amides is 1. The summed E-state index contributed by atoms with van der Waals surface area (Å²) in [6.45, 7) is 3.37. The lowest BCUT2D eigenvalue weighted by Crippen LogP contribution is -2.41. The Morgan fingerprint density at radius 1 is 1.03 bits per heavy atom. The first kappa shape index (κ1) is 26.8. The fraction of sp³-hybridized carbons (Fsp3) is 0.500. The maximum Gasteiger partial charge on any atom is 0.259 e. The number of aromatic nitrogens is 3. The molecule has 3 amide bonds. The third-order valence-corrected chi connectivity index (χ3v) is 8.45. The molecule has 0 saturated heterocycles. The highest BCUT2D eigenvalue weighted by atomic mass is 16.2. The lowest BCUT2D eigenvalue weighted by atomic mass is 9.81. The van der Waals surface area contributed by atoms with Crippen LogP contribution in [0.1, 0.15) is 85.4 Å². The summed E-state index contributed by atoms with van der Waals surface area (Å²) in [6.07, 6.45) is 12.1. The van der Waals surface area contributed by atoms with Crippen molar-refractivity contribution in [2.75, 3.05) is 11.9 Å². The van der Waals surface area contributed by atoms with Gasteiger partial charge in [-0.2, -0.15) is 0 Å². The molecule has 2 heterocycles. The van der Waals surface area contributed by atoms with Gasteiger partial charge in [-0.05, 0) is 81.7 Å². The van der Waals surface area contributed by atoms with Gasteiger partial charge in [-0.3, -0.25) is 24.7 Å². The van der Waals surface area contributed by atoms with Gasteiger partial charge in [-0.1, -0.05) is 19.3 Å². The Kier molecular flexibility index (Phi) is 8.24. The quantitative estimate of drug-likeness (QED) is 0.434. The van der Waals surface area contributed by atoms with Crippen molar-refractivity contribution in [2.24, 2.45) is 17.6 Å². The number of nitrogens with two attached hydrogens (primary N) is 1. The Morgan fingerprint density at radius 2 is 1.79 bits per heavy atom. The van der Waals surface area contributed by atoms with Gasteiger partial charge >= 0.3 is 0 Å². The summed E-state index contributed by atoms with van der Waals surface area (Å²) in [5, 5.41) is 2.97. The molecule has 3 N–H and O–H groups in total. The van der Waals surface area contributed by atoms with Crippen molar-refractivity contribution in [3.8, 4) is 0 Å². The molecular weight excluding hydrogens is 492 g/mol. The summed E-state index contributed by atoms with van der Waals surface area (Å²) < 4.78 is 2.03. The van der Waals surface area contributed by atoms with E-state index in [0.29, 0.717) is 41.6 Å². The number of hydrogen-bond donors (Lipinski definition) is 2. The topological polar surface area (TPSA) is 123 Å². The largest absolute Gasteiger partial charge is 0.369 e. The molecule has 2 fully saturated rings. The predicted octanol–water partition coefficient (Wildman–Crippen LogP) is 4.77. The van der Waals surface area contributed by atoms with E-state index in [4.69, 9.17) is 10.7 Å². The van der Waals surface area contributed by atoms with Crippen molar-refractivity contribution in [1.82, 2.24) is 19.4 Å². The number of pyridine rings is 1. The molecule has 9 nitrogen and oxygen atoms in total. The fourth-order valence-electron chi connectivity index (χ4n) is 6.23. The van der Waals surface area contributed by atoms with Gasteiger partial charge in [-0.15, -0.1) is 0 Å². The Hall–Kier alpha value is -3.75. The van der Waals surface area contributed by atoms with Crippen LogP contribution in [-0.2, 0) is 11.3 Å². The molecule has 9 heteroatoms. The van der Waals surface area contributed by atoms with E-state index in [-0.39, 0.29) is 29.7 Å². The maximum absolute atomic E-state index is 13.6. The van der Waals surface area contributed by atoms with Gasteiger partial charge in [0.1, 0.15) is 0 Å². The van der Waals surface area contributed by atoms with E-state index < -0.39 is 0 Å². The molecule has 206 valence electrons. The van der Waals surface area contributed by atoms with Crippen LogP contribution >= 0.6 is 0 Å². The molecule has 0 spiro atoms. The van der Waals surface area contributed by atoms with Crippen LogP contribution in [0.2, 0.25) is 0 Å². The van der Waals surface area contributed by atoms with Crippen LogP contribution in [0.4, 0.5) is 5.95 Å². The van der Waals surface area contributed by atoms with Crippen LogP contribution in [0.5, 0.6) is 0 Å². The standard InChI is InChI=1S/C30H38N6O3/c1-2-35(24-8-4-3-5-9-24)29(39)22-14-15-26-25(17-22)33-30(34-28(38)23-7-6-16-32-18-23)36(26)19-20-10-12-21(13-11-20)27(31)37/h6-7,14-18,20-21,24H,2-5,8-13,19H2,1H3,(H2,31,37)(H,33,34,38). The number of carbonyl (C=O) groups excluding carboxylic acids is 3. The monoisotopic (exact) mass is 530 g/mol. The molecule has 0 radical (unpaired) electrons. The minimum Gasteiger partial charge on any atom is -0.369 e. The maximum atomic E-state index is 13.6. The van der Waals surface area contributed by atoms with Crippen LogP contribution in [-0.4, -0.2) is 49.7 Å². The highest BCUT2D eigenvalue weighted by Crippen LogP contribution is 2.32. The molecule has 39 heavy (non-hydrogen) atoms. The minimum atomic E-state index is -0.289. The van der Waals surface area contributed by atoms with Gasteiger partial charge in [0.25, 0.3) is 11.8 Å². The molecule has 2 aliphatic carbocycles. The van der Waals surface area contributed by atoms with Crippen LogP contribution in [0.15, 0.2) is 42.7 Å². The molecule has 0 atom stereocenters. The van der Waals surface area contributed by atoms with E-state index in [9.17, 15) is 14.4 Å². The smallest absolute Gasteiger partial charge is 0.259 e. The zero-order chi connectivity index (χ0) is 27.4. The Labute approximate surface area is 229 Å². The van der Waals surface area contributed by atoms with E-state index >= 15 is 0 Å². The normalized spacial score (nSPS) is 20.0. The lowest BCUT2D eigenvalue weighted by molar-refractivity contribution is -0.123. The van der Waals surface area contributed by atoms with E-state index in [1.807, 2.05) is 34.6 Å². The van der Waals surface area contributed by atoms with Gasteiger partial charge in [0.2, 0.25) is 11.9 Å². The fourth-order valence-corrected chi connectivity index (χ4v) is 6.23. The molecule has 3 aromatic rings. The van der Waals surface area contributed by atoms with Crippen LogP contribution in [0.3, 0.4) is 0 Å². The highest BCUT2D eigenvalue weighted by Gasteiger charge is 2.28. The summed E-state index contributed by atoms with van der Waals surface area (Å²) in [5.41, 5.74) is 8.14. The SMILES string of the molecule is CCN(C(=O)c1ccc2c(c1)nc(NC(=O)c1cccnc1)n2CC1CCC(C(N)=O)CC1)C1CCCCC1. The number of nitrogens with zero attached hydrogens (tertiary/aromatic N) is 4. The average Bonchev–Trinajstić information content (AvgIpc) is 3.30. The summed E-state index contributed by atoms with van der Waals surface area (Å²) >= 11 is 0. The van der Waals surface area contributed by atoms with E-state index in [2.05, 4.69) is 10.3 Å². The molecule has 2 saturated carbocycles. The number of benzene rings is 1. The number of imidazole rings is 1. The molecular formula is C30H38N6O3. The minimum absolute atomic E-state index is 0.0339. The second kappa shape index (κ2) is 12.0.